The minimum Gasteiger partial charge on any atom is -0.616 e. The van der Waals surface area contributed by atoms with Crippen LogP contribution in [0.15, 0.2) is 11.3 Å². The van der Waals surface area contributed by atoms with Gasteiger partial charge < -0.3 is 29.3 Å². The van der Waals surface area contributed by atoms with E-state index >= 15 is 0 Å². The molecule has 0 spiro atoms. The predicted octanol–water partition coefficient (Wildman–Crippen LogP) is 0.276. The molecular weight excluding hydrogens is 426 g/mol. The largest absolute Gasteiger partial charge is 0.616 e. The van der Waals surface area contributed by atoms with E-state index in [0.717, 1.165) is 6.34 Å². The minimum atomic E-state index is -1.37. The highest BCUT2D eigenvalue weighted by molar-refractivity contribution is 7.92. The molecule has 0 bridgehead atoms. The monoisotopic (exact) mass is 457 g/mol. The van der Waals surface area contributed by atoms with Crippen LogP contribution in [0.4, 0.5) is 0 Å². The molecule has 1 amide bonds. The van der Waals surface area contributed by atoms with Gasteiger partial charge in [-0.1, -0.05) is 0 Å². The minimum absolute atomic E-state index is 0.0132. The molecule has 0 aromatic carbocycles. The van der Waals surface area contributed by atoms with Gasteiger partial charge in [-0.05, 0) is 52.2 Å². The number of hydrogen-bond donors (Lipinski definition) is 3. The molecule has 0 saturated carbocycles. The first kappa shape index (κ1) is 25.2. The SMILES string of the molecule is CC(O)C1C(=O)N2C(C(=O)OCOC(=O)C(C)(C)C)=C(C[S+]([O-])C(C)CNC=N)CC12. The highest BCUT2D eigenvalue weighted by atomic mass is 32.2. The van der Waals surface area contributed by atoms with E-state index in [4.69, 9.17) is 14.9 Å². The summed E-state index contributed by atoms with van der Waals surface area (Å²) >= 11 is -1.37. The molecule has 2 aliphatic heterocycles. The number of β-lactam (4-membered cyclic amide) rings is 1. The fraction of sp³-hybridized carbons (Fsp3) is 0.700. The Bertz CT molecular complexity index is 762. The molecule has 2 aliphatic rings. The topological polar surface area (TPSA) is 152 Å². The molecule has 0 aromatic heterocycles. The number of ether oxygens (including phenoxy) is 2. The number of nitrogens with zero attached hydrogens (tertiary/aromatic N) is 1. The van der Waals surface area contributed by atoms with E-state index in [9.17, 15) is 24.0 Å². The lowest BCUT2D eigenvalue weighted by atomic mass is 9.83. The van der Waals surface area contributed by atoms with Gasteiger partial charge in [0, 0.05) is 5.57 Å². The predicted molar refractivity (Wildman–Crippen MR) is 113 cm³/mol. The number of fused-ring (bicyclic) bond motifs is 1. The Morgan fingerprint density at radius 3 is 2.58 bits per heavy atom. The van der Waals surface area contributed by atoms with Crippen molar-refractivity contribution in [3.63, 3.8) is 0 Å². The maximum Gasteiger partial charge on any atom is 0.358 e. The van der Waals surface area contributed by atoms with Crippen molar-refractivity contribution in [2.24, 2.45) is 11.3 Å². The van der Waals surface area contributed by atoms with Crippen LogP contribution in [0.25, 0.3) is 0 Å². The lowest BCUT2D eigenvalue weighted by Gasteiger charge is -2.44. The van der Waals surface area contributed by atoms with E-state index in [1.807, 2.05) is 0 Å². The van der Waals surface area contributed by atoms with Crippen molar-refractivity contribution in [1.82, 2.24) is 10.2 Å². The number of aliphatic hydroxyl groups is 1. The van der Waals surface area contributed by atoms with E-state index in [1.165, 1.54) is 11.8 Å². The Hall–Kier alpha value is -2.11. The van der Waals surface area contributed by atoms with Gasteiger partial charge in [-0.25, -0.2) is 4.79 Å². The van der Waals surface area contributed by atoms with E-state index in [1.54, 1.807) is 27.7 Å². The number of carbonyl (C=O) groups excluding carboxylic acids is 3. The molecule has 10 nitrogen and oxygen atoms in total. The van der Waals surface area contributed by atoms with Gasteiger partial charge in [0.25, 0.3) is 0 Å². The molecular formula is C20H31N3O7S. The second-order valence-electron chi connectivity index (χ2n) is 8.82. The third-order valence-corrected chi connectivity index (χ3v) is 6.98. The van der Waals surface area contributed by atoms with E-state index in [2.05, 4.69) is 5.32 Å². The van der Waals surface area contributed by atoms with Crippen LogP contribution in [0.1, 0.15) is 41.0 Å². The Morgan fingerprint density at radius 2 is 2.03 bits per heavy atom. The zero-order valence-electron chi connectivity index (χ0n) is 18.5. The quantitative estimate of drug-likeness (QED) is 0.106. The molecule has 2 heterocycles. The van der Waals surface area contributed by atoms with Crippen molar-refractivity contribution >= 4 is 35.4 Å². The zero-order valence-corrected chi connectivity index (χ0v) is 19.3. The van der Waals surface area contributed by atoms with E-state index in [0.29, 0.717) is 18.5 Å². The molecule has 0 aromatic rings. The summed E-state index contributed by atoms with van der Waals surface area (Å²) in [5.74, 6) is -2.34. The zero-order chi connectivity index (χ0) is 23.5. The summed E-state index contributed by atoms with van der Waals surface area (Å²) < 4.78 is 22.8. The summed E-state index contributed by atoms with van der Waals surface area (Å²) in [4.78, 5) is 38.4. The van der Waals surface area contributed by atoms with Crippen LogP contribution >= 0.6 is 0 Å². The van der Waals surface area contributed by atoms with Gasteiger partial charge in [-0.15, -0.1) is 0 Å². The fourth-order valence-corrected chi connectivity index (χ4v) is 4.70. The van der Waals surface area contributed by atoms with Crippen molar-refractivity contribution in [2.75, 3.05) is 19.1 Å². The van der Waals surface area contributed by atoms with Gasteiger partial charge >= 0.3 is 11.9 Å². The van der Waals surface area contributed by atoms with Crippen molar-refractivity contribution < 1.29 is 33.5 Å². The lowest BCUT2D eigenvalue weighted by molar-refractivity contribution is -0.175. The molecule has 1 saturated heterocycles. The number of aliphatic hydroxyl groups excluding tert-OH is 1. The summed E-state index contributed by atoms with van der Waals surface area (Å²) in [6.45, 7) is 8.00. The van der Waals surface area contributed by atoms with Crippen LogP contribution in [0.2, 0.25) is 0 Å². The molecule has 0 radical (unpaired) electrons. The van der Waals surface area contributed by atoms with Crippen LogP contribution in [-0.4, -0.2) is 75.2 Å². The first-order chi connectivity index (χ1) is 14.4. The maximum atomic E-state index is 12.8. The molecule has 174 valence electrons. The second-order valence-corrected chi connectivity index (χ2v) is 10.7. The Balaban J connectivity index is 2.15. The first-order valence-electron chi connectivity index (χ1n) is 10.1. The second kappa shape index (κ2) is 10.0. The summed E-state index contributed by atoms with van der Waals surface area (Å²) in [7, 11) is 0. The maximum absolute atomic E-state index is 12.8. The third-order valence-electron chi connectivity index (χ3n) is 5.28. The van der Waals surface area contributed by atoms with Crippen LogP contribution in [0.5, 0.6) is 0 Å². The van der Waals surface area contributed by atoms with Gasteiger partial charge in [-0.3, -0.25) is 15.0 Å². The van der Waals surface area contributed by atoms with Gasteiger partial charge in [0.1, 0.15) is 16.7 Å². The number of nitrogens with one attached hydrogen (secondary N) is 2. The van der Waals surface area contributed by atoms with Gasteiger partial charge in [0.05, 0.1) is 36.4 Å². The highest BCUT2D eigenvalue weighted by Gasteiger charge is 2.57. The number of hydrogen-bond acceptors (Lipinski definition) is 8. The normalized spacial score (nSPS) is 23.5. The smallest absolute Gasteiger partial charge is 0.358 e. The molecule has 5 unspecified atom stereocenters. The fourth-order valence-electron chi connectivity index (χ4n) is 3.53. The average molecular weight is 458 g/mol. The molecule has 11 heteroatoms. The number of carbonyl (C=O) groups is 3. The number of amides is 1. The van der Waals surface area contributed by atoms with Gasteiger partial charge in [-0.2, -0.15) is 0 Å². The Labute approximate surface area is 185 Å². The van der Waals surface area contributed by atoms with Crippen molar-refractivity contribution in [2.45, 2.75) is 58.4 Å². The molecule has 31 heavy (non-hydrogen) atoms. The van der Waals surface area contributed by atoms with Crippen LogP contribution in [0.3, 0.4) is 0 Å². The Kier molecular flexibility index (Phi) is 8.12. The lowest BCUT2D eigenvalue weighted by Crippen LogP contribution is -2.61. The highest BCUT2D eigenvalue weighted by Crippen LogP contribution is 2.44. The summed E-state index contributed by atoms with van der Waals surface area (Å²) in [5, 5.41) is 19.3. The molecule has 5 atom stereocenters. The van der Waals surface area contributed by atoms with Crippen molar-refractivity contribution in [3.05, 3.63) is 11.3 Å². The van der Waals surface area contributed by atoms with Gasteiger partial charge in [0.2, 0.25) is 12.7 Å². The summed E-state index contributed by atoms with van der Waals surface area (Å²) in [6, 6.07) is -0.394. The van der Waals surface area contributed by atoms with Crippen LogP contribution < -0.4 is 5.32 Å². The Morgan fingerprint density at radius 1 is 1.39 bits per heavy atom. The number of rotatable bonds is 10. The van der Waals surface area contributed by atoms with Crippen LogP contribution in [-0.2, 0) is 35.0 Å². The van der Waals surface area contributed by atoms with Gasteiger partial charge in [0.15, 0.2) is 0 Å². The molecule has 0 aliphatic carbocycles. The number of esters is 2. The van der Waals surface area contributed by atoms with E-state index in [-0.39, 0.29) is 16.7 Å². The van der Waals surface area contributed by atoms with Crippen LogP contribution in [0, 0.1) is 16.7 Å². The van der Waals surface area contributed by atoms with Crippen molar-refractivity contribution in [3.8, 4) is 0 Å². The third kappa shape index (κ3) is 5.58. The first-order valence-corrected chi connectivity index (χ1v) is 11.4. The summed E-state index contributed by atoms with van der Waals surface area (Å²) in [5.41, 5.74) is -0.238. The molecule has 3 N–H and O–H groups in total. The molecule has 2 rings (SSSR count). The van der Waals surface area contributed by atoms with Crippen molar-refractivity contribution in [1.29, 1.82) is 5.41 Å². The van der Waals surface area contributed by atoms with E-state index < -0.39 is 59.3 Å². The molecule has 1 fully saturated rings. The average Bonchev–Trinajstić information content (AvgIpc) is 2.98. The standard InChI is InChI=1S/C20H31N3O7S/c1-11(7-22-9-21)31(28)8-13-6-14-15(12(2)24)17(25)23(14)16(13)18(26)29-10-30-19(27)20(3,4)5/h9,11-12,14-15,24H,6-8,10H2,1-5H3,(H2,21,22). The summed E-state index contributed by atoms with van der Waals surface area (Å²) in [6.07, 6.45) is 0.450.